The molecule has 2 aromatic carbocycles. The number of benzene rings is 2. The normalized spacial score (nSPS) is 11.8. The van der Waals surface area contributed by atoms with Crippen LogP contribution in [-0.4, -0.2) is 37.7 Å². The molecule has 1 aromatic heterocycles. The fraction of sp³-hybridized carbons (Fsp3) is 0.231. The highest BCUT2D eigenvalue weighted by Crippen LogP contribution is 2.25. The van der Waals surface area contributed by atoms with Gasteiger partial charge in [-0.05, 0) is 52.6 Å². The summed E-state index contributed by atoms with van der Waals surface area (Å²) in [6.45, 7) is 0. The minimum absolute atomic E-state index is 0.00265. The van der Waals surface area contributed by atoms with Crippen molar-refractivity contribution in [2.45, 2.75) is 18.2 Å². The molecule has 3 rings (SSSR count). The van der Waals surface area contributed by atoms with Gasteiger partial charge in [0.1, 0.15) is 11.5 Å². The number of thiophene rings is 1. The predicted molar refractivity (Wildman–Crippen MR) is 136 cm³/mol. The predicted octanol–water partition coefficient (Wildman–Crippen LogP) is 5.01. The summed E-state index contributed by atoms with van der Waals surface area (Å²) in [6.07, 6.45) is 3.54. The molecule has 0 saturated heterocycles. The third-order valence-corrected chi connectivity index (χ3v) is 6.69. The van der Waals surface area contributed by atoms with Crippen LogP contribution in [0.5, 0.6) is 11.5 Å². The first-order valence-electron chi connectivity index (χ1n) is 10.4. The molecule has 7 heteroatoms. The van der Waals surface area contributed by atoms with Crippen LogP contribution in [0.25, 0.3) is 6.08 Å². The first-order chi connectivity index (χ1) is 16.1. The van der Waals surface area contributed by atoms with E-state index in [1.165, 1.54) is 11.6 Å². The molecule has 0 bridgehead atoms. The largest absolute Gasteiger partial charge is 0.497 e. The van der Waals surface area contributed by atoms with Crippen molar-refractivity contribution < 1.29 is 19.1 Å². The van der Waals surface area contributed by atoms with Crippen LogP contribution in [0.1, 0.15) is 16.7 Å². The van der Waals surface area contributed by atoms with Crippen molar-refractivity contribution in [3.05, 3.63) is 88.1 Å². The average molecular weight is 482 g/mol. The lowest BCUT2D eigenvalue weighted by Gasteiger charge is -2.17. The van der Waals surface area contributed by atoms with E-state index in [9.17, 15) is 9.59 Å². The number of methoxy groups -OCH3 is 2. The molecule has 0 saturated carbocycles. The smallest absolute Gasteiger partial charge is 0.244 e. The van der Waals surface area contributed by atoms with Crippen LogP contribution in [0.4, 0.5) is 0 Å². The van der Waals surface area contributed by atoms with Crippen molar-refractivity contribution in [3.63, 3.8) is 0 Å². The Morgan fingerprint density at radius 3 is 2.58 bits per heavy atom. The number of rotatable bonds is 12. The number of thioether (sulfide) groups is 1. The summed E-state index contributed by atoms with van der Waals surface area (Å²) in [5.74, 6) is 2.05. The van der Waals surface area contributed by atoms with Gasteiger partial charge in [-0.15, -0.1) is 11.8 Å². The zero-order chi connectivity index (χ0) is 23.5. The van der Waals surface area contributed by atoms with E-state index in [1.807, 2.05) is 41.8 Å². The summed E-state index contributed by atoms with van der Waals surface area (Å²) in [5.41, 5.74) is 2.95. The maximum Gasteiger partial charge on any atom is 0.244 e. The lowest BCUT2D eigenvalue weighted by Crippen LogP contribution is -2.42. The number of amides is 1. The van der Waals surface area contributed by atoms with Crippen molar-refractivity contribution in [1.82, 2.24) is 5.32 Å². The summed E-state index contributed by atoms with van der Waals surface area (Å²) in [5, 5.41) is 7.00. The molecule has 1 heterocycles. The van der Waals surface area contributed by atoms with Gasteiger partial charge in [0.25, 0.3) is 0 Å². The molecule has 1 N–H and O–H groups in total. The Kier molecular flexibility index (Phi) is 9.59. The monoisotopic (exact) mass is 481 g/mol. The molecule has 0 spiro atoms. The van der Waals surface area contributed by atoms with Gasteiger partial charge in [0.2, 0.25) is 5.91 Å². The van der Waals surface area contributed by atoms with Gasteiger partial charge < -0.3 is 14.8 Å². The van der Waals surface area contributed by atoms with Crippen LogP contribution < -0.4 is 14.8 Å². The van der Waals surface area contributed by atoms with Gasteiger partial charge >= 0.3 is 0 Å². The fourth-order valence-corrected chi connectivity index (χ4v) is 4.88. The molecular formula is C26H27NO4S2. The standard InChI is InChI=1S/C26H27NO4S2/c1-30-22-10-8-21(25(15-22)31-2)9-11-26(29)27-23(14-19-6-4-3-5-7-19)24(28)18-33-17-20-12-13-32-16-20/h3-13,15-16,23H,14,17-18H2,1-2H3,(H,27,29)/t23-/m0/s1. The van der Waals surface area contributed by atoms with E-state index in [1.54, 1.807) is 55.5 Å². The highest BCUT2D eigenvalue weighted by Gasteiger charge is 2.20. The van der Waals surface area contributed by atoms with Crippen molar-refractivity contribution >= 4 is 40.9 Å². The van der Waals surface area contributed by atoms with E-state index in [4.69, 9.17) is 9.47 Å². The third kappa shape index (κ3) is 7.80. The first-order valence-corrected chi connectivity index (χ1v) is 12.5. The molecule has 33 heavy (non-hydrogen) atoms. The van der Waals surface area contributed by atoms with Crippen LogP contribution in [0, 0.1) is 0 Å². The molecule has 0 aliphatic carbocycles. The van der Waals surface area contributed by atoms with Crippen molar-refractivity contribution in [2.24, 2.45) is 0 Å². The molecule has 1 amide bonds. The van der Waals surface area contributed by atoms with Gasteiger partial charge in [-0.1, -0.05) is 30.3 Å². The minimum Gasteiger partial charge on any atom is -0.497 e. The highest BCUT2D eigenvalue weighted by molar-refractivity contribution is 7.99. The molecule has 0 unspecified atom stereocenters. The summed E-state index contributed by atoms with van der Waals surface area (Å²) in [6, 6.07) is 16.5. The number of hydrogen-bond acceptors (Lipinski definition) is 6. The molecule has 0 fully saturated rings. The van der Waals surface area contributed by atoms with E-state index in [-0.39, 0.29) is 11.7 Å². The molecule has 172 valence electrons. The SMILES string of the molecule is COc1ccc(C=CC(=O)N[C@@H](Cc2ccccc2)C(=O)CSCc2ccsc2)c(OC)c1. The van der Waals surface area contributed by atoms with E-state index >= 15 is 0 Å². The Hall–Kier alpha value is -3.03. The molecule has 1 atom stereocenters. The quantitative estimate of drug-likeness (QED) is 0.369. The number of carbonyl (C=O) groups is 2. The summed E-state index contributed by atoms with van der Waals surface area (Å²) < 4.78 is 10.6. The van der Waals surface area contributed by atoms with Crippen molar-refractivity contribution in [3.8, 4) is 11.5 Å². The maximum atomic E-state index is 13.0. The van der Waals surface area contributed by atoms with Gasteiger partial charge in [-0.2, -0.15) is 11.3 Å². The lowest BCUT2D eigenvalue weighted by molar-refractivity contribution is -0.124. The van der Waals surface area contributed by atoms with Crippen LogP contribution in [0.15, 0.2) is 71.4 Å². The maximum absolute atomic E-state index is 13.0. The lowest BCUT2D eigenvalue weighted by atomic mass is 10.0. The third-order valence-electron chi connectivity index (χ3n) is 4.94. The van der Waals surface area contributed by atoms with Gasteiger partial charge in [0, 0.05) is 23.5 Å². The molecule has 5 nitrogen and oxygen atoms in total. The van der Waals surface area contributed by atoms with Gasteiger partial charge in [0.05, 0.1) is 26.0 Å². The summed E-state index contributed by atoms with van der Waals surface area (Å²) in [4.78, 5) is 25.6. The summed E-state index contributed by atoms with van der Waals surface area (Å²) in [7, 11) is 3.15. The minimum atomic E-state index is -0.600. The number of carbonyl (C=O) groups excluding carboxylic acids is 2. The number of nitrogens with one attached hydrogen (secondary N) is 1. The Bertz CT molecular complexity index is 1070. The number of ether oxygens (including phenoxy) is 2. The van der Waals surface area contributed by atoms with Crippen molar-refractivity contribution in [2.75, 3.05) is 20.0 Å². The molecule has 0 aliphatic rings. The number of hydrogen-bond donors (Lipinski definition) is 1. The molecule has 0 radical (unpaired) electrons. The van der Waals surface area contributed by atoms with Crippen LogP contribution in [0.2, 0.25) is 0 Å². The Morgan fingerprint density at radius 2 is 1.88 bits per heavy atom. The van der Waals surface area contributed by atoms with Crippen molar-refractivity contribution in [1.29, 1.82) is 0 Å². The average Bonchev–Trinajstić information content (AvgIpc) is 3.36. The summed E-state index contributed by atoms with van der Waals surface area (Å²) >= 11 is 3.21. The first kappa shape index (κ1) is 24.6. The molecule has 3 aromatic rings. The second-order valence-corrected chi connectivity index (χ2v) is 9.05. The number of Topliss-reactive ketones (excluding diaryl/α,β-unsaturated/α-hetero) is 1. The zero-order valence-electron chi connectivity index (χ0n) is 18.7. The van der Waals surface area contributed by atoms with E-state index < -0.39 is 6.04 Å². The van der Waals surface area contributed by atoms with Crippen LogP contribution >= 0.6 is 23.1 Å². The van der Waals surface area contributed by atoms with Gasteiger partial charge in [0.15, 0.2) is 5.78 Å². The van der Waals surface area contributed by atoms with Crippen LogP contribution in [-0.2, 0) is 21.8 Å². The van der Waals surface area contributed by atoms with E-state index in [0.717, 1.165) is 16.9 Å². The Labute approximate surface area is 202 Å². The van der Waals surface area contributed by atoms with E-state index in [2.05, 4.69) is 16.8 Å². The zero-order valence-corrected chi connectivity index (χ0v) is 20.3. The topological polar surface area (TPSA) is 64.6 Å². The van der Waals surface area contributed by atoms with Crippen LogP contribution in [0.3, 0.4) is 0 Å². The number of ketones is 1. The molecular weight excluding hydrogens is 454 g/mol. The Morgan fingerprint density at radius 1 is 1.06 bits per heavy atom. The second-order valence-electron chi connectivity index (χ2n) is 7.28. The highest BCUT2D eigenvalue weighted by atomic mass is 32.2. The van der Waals surface area contributed by atoms with Gasteiger partial charge in [-0.3, -0.25) is 9.59 Å². The Balaban J connectivity index is 1.65. The second kappa shape index (κ2) is 12.9. The van der Waals surface area contributed by atoms with Gasteiger partial charge in [-0.25, -0.2) is 0 Å². The van der Waals surface area contributed by atoms with E-state index in [0.29, 0.717) is 23.7 Å². The molecule has 0 aliphatic heterocycles. The fourth-order valence-electron chi connectivity index (χ4n) is 3.18.